The van der Waals surface area contributed by atoms with Crippen molar-refractivity contribution in [1.29, 1.82) is 0 Å². The van der Waals surface area contributed by atoms with Gasteiger partial charge in [0.1, 0.15) is 17.3 Å². The zero-order chi connectivity index (χ0) is 12.7. The minimum absolute atomic E-state index is 0.672. The Morgan fingerprint density at radius 1 is 1.17 bits per heavy atom. The molecule has 3 rings (SSSR count). The van der Waals surface area contributed by atoms with Crippen LogP contribution in [0.25, 0.3) is 22.0 Å². The quantitative estimate of drug-likeness (QED) is 0.708. The predicted octanol–water partition coefficient (Wildman–Crippen LogP) is 2.53. The SMILES string of the molecule is Cc1nc(-c2cncc3ccccc23)c(N)n1C. The number of imidazole rings is 1. The summed E-state index contributed by atoms with van der Waals surface area (Å²) >= 11 is 0. The predicted molar refractivity (Wildman–Crippen MR) is 73.1 cm³/mol. The van der Waals surface area contributed by atoms with Gasteiger partial charge < -0.3 is 10.3 Å². The first kappa shape index (κ1) is 10.8. The molecule has 0 saturated heterocycles. The van der Waals surface area contributed by atoms with Gasteiger partial charge >= 0.3 is 0 Å². The lowest BCUT2D eigenvalue weighted by Crippen LogP contribution is -1.98. The molecule has 4 nitrogen and oxygen atoms in total. The molecular weight excluding hydrogens is 224 g/mol. The number of hydrogen-bond acceptors (Lipinski definition) is 3. The highest BCUT2D eigenvalue weighted by atomic mass is 15.1. The average molecular weight is 238 g/mol. The molecule has 0 unspecified atom stereocenters. The molecule has 0 spiro atoms. The number of nitrogens with zero attached hydrogens (tertiary/aromatic N) is 3. The molecule has 0 atom stereocenters. The van der Waals surface area contributed by atoms with Gasteiger partial charge in [-0.3, -0.25) is 4.98 Å². The molecule has 90 valence electrons. The summed E-state index contributed by atoms with van der Waals surface area (Å²) in [6.07, 6.45) is 3.67. The number of benzene rings is 1. The third kappa shape index (κ3) is 1.46. The van der Waals surface area contributed by atoms with Gasteiger partial charge in [-0.15, -0.1) is 0 Å². The van der Waals surface area contributed by atoms with Crippen molar-refractivity contribution in [2.75, 3.05) is 5.73 Å². The van der Waals surface area contributed by atoms with Crippen molar-refractivity contribution in [3.63, 3.8) is 0 Å². The number of hydrogen-bond donors (Lipinski definition) is 1. The molecule has 0 aliphatic carbocycles. The van der Waals surface area contributed by atoms with Crippen molar-refractivity contribution in [3.8, 4) is 11.3 Å². The highest BCUT2D eigenvalue weighted by Gasteiger charge is 2.13. The average Bonchev–Trinajstić information content (AvgIpc) is 2.66. The normalized spacial score (nSPS) is 11.0. The number of aryl methyl sites for hydroxylation is 1. The number of pyridine rings is 1. The van der Waals surface area contributed by atoms with Crippen LogP contribution in [0.2, 0.25) is 0 Å². The molecule has 18 heavy (non-hydrogen) atoms. The maximum absolute atomic E-state index is 6.10. The minimum atomic E-state index is 0.672. The van der Waals surface area contributed by atoms with Crippen LogP contribution in [0.3, 0.4) is 0 Å². The van der Waals surface area contributed by atoms with Crippen LogP contribution in [0.15, 0.2) is 36.7 Å². The first-order chi connectivity index (χ1) is 8.68. The Kier molecular flexibility index (Phi) is 2.30. The second-order valence-corrected chi connectivity index (χ2v) is 4.36. The molecule has 3 aromatic rings. The summed E-state index contributed by atoms with van der Waals surface area (Å²) in [4.78, 5) is 8.79. The van der Waals surface area contributed by atoms with Crippen LogP contribution in [0.4, 0.5) is 5.82 Å². The smallest absolute Gasteiger partial charge is 0.131 e. The number of nitrogens with two attached hydrogens (primary N) is 1. The molecule has 0 fully saturated rings. The molecule has 0 saturated carbocycles. The van der Waals surface area contributed by atoms with E-state index >= 15 is 0 Å². The molecule has 2 aromatic heterocycles. The highest BCUT2D eigenvalue weighted by molar-refractivity contribution is 5.96. The van der Waals surface area contributed by atoms with Gasteiger partial charge in [-0.1, -0.05) is 24.3 Å². The Morgan fingerprint density at radius 2 is 1.94 bits per heavy atom. The molecule has 2 N–H and O–H groups in total. The summed E-state index contributed by atoms with van der Waals surface area (Å²) in [5.41, 5.74) is 7.88. The zero-order valence-electron chi connectivity index (χ0n) is 10.4. The van der Waals surface area contributed by atoms with Crippen molar-refractivity contribution in [2.45, 2.75) is 6.92 Å². The second-order valence-electron chi connectivity index (χ2n) is 4.36. The van der Waals surface area contributed by atoms with Gasteiger partial charge in [0.2, 0.25) is 0 Å². The van der Waals surface area contributed by atoms with E-state index in [1.165, 1.54) is 0 Å². The van der Waals surface area contributed by atoms with Gasteiger partial charge in [-0.05, 0) is 12.3 Å². The highest BCUT2D eigenvalue weighted by Crippen LogP contribution is 2.30. The van der Waals surface area contributed by atoms with Gasteiger partial charge in [0.15, 0.2) is 0 Å². The van der Waals surface area contributed by atoms with Crippen molar-refractivity contribution >= 4 is 16.6 Å². The number of rotatable bonds is 1. The van der Waals surface area contributed by atoms with E-state index in [2.05, 4.69) is 16.0 Å². The first-order valence-electron chi connectivity index (χ1n) is 5.80. The molecule has 1 aromatic carbocycles. The lowest BCUT2D eigenvalue weighted by molar-refractivity contribution is 0.868. The molecule has 0 amide bonds. The van der Waals surface area contributed by atoms with Gasteiger partial charge in [0.05, 0.1) is 0 Å². The van der Waals surface area contributed by atoms with Crippen molar-refractivity contribution in [3.05, 3.63) is 42.5 Å². The lowest BCUT2D eigenvalue weighted by atomic mass is 10.1. The topological polar surface area (TPSA) is 56.7 Å². The minimum Gasteiger partial charge on any atom is -0.383 e. The Morgan fingerprint density at radius 3 is 2.67 bits per heavy atom. The van der Waals surface area contributed by atoms with Crippen LogP contribution >= 0.6 is 0 Å². The summed E-state index contributed by atoms with van der Waals surface area (Å²) in [5, 5.41) is 2.22. The fourth-order valence-electron chi connectivity index (χ4n) is 2.13. The summed E-state index contributed by atoms with van der Waals surface area (Å²) in [7, 11) is 1.92. The fraction of sp³-hybridized carbons (Fsp3) is 0.143. The van der Waals surface area contributed by atoms with Gasteiger partial charge in [0, 0.05) is 30.4 Å². The molecule has 4 heteroatoms. The zero-order valence-corrected chi connectivity index (χ0v) is 10.4. The van der Waals surface area contributed by atoms with Crippen LogP contribution in [-0.2, 0) is 7.05 Å². The van der Waals surface area contributed by atoms with Crippen molar-refractivity contribution in [1.82, 2.24) is 14.5 Å². The standard InChI is InChI=1S/C14H14N4/c1-9-17-13(14(15)18(9)2)12-8-16-7-10-5-3-4-6-11(10)12/h3-8H,15H2,1-2H3. The molecule has 0 radical (unpaired) electrons. The van der Waals surface area contributed by atoms with Crippen LogP contribution in [0, 0.1) is 6.92 Å². The lowest BCUT2D eigenvalue weighted by Gasteiger charge is -2.04. The van der Waals surface area contributed by atoms with E-state index in [1.54, 1.807) is 0 Å². The van der Waals surface area contributed by atoms with Crippen LogP contribution in [0.5, 0.6) is 0 Å². The van der Waals surface area contributed by atoms with E-state index in [1.807, 2.05) is 49.1 Å². The number of fused-ring (bicyclic) bond motifs is 1. The number of anilines is 1. The van der Waals surface area contributed by atoms with Crippen LogP contribution in [-0.4, -0.2) is 14.5 Å². The maximum atomic E-state index is 6.10. The summed E-state index contributed by atoms with van der Waals surface area (Å²) in [6, 6.07) is 8.12. The van der Waals surface area contributed by atoms with E-state index in [9.17, 15) is 0 Å². The number of aromatic nitrogens is 3. The van der Waals surface area contributed by atoms with E-state index in [0.717, 1.165) is 27.9 Å². The summed E-state index contributed by atoms with van der Waals surface area (Å²) in [6.45, 7) is 1.94. The monoisotopic (exact) mass is 238 g/mol. The van der Waals surface area contributed by atoms with E-state index < -0.39 is 0 Å². The fourth-order valence-corrected chi connectivity index (χ4v) is 2.13. The van der Waals surface area contributed by atoms with Gasteiger partial charge in [-0.2, -0.15) is 0 Å². The maximum Gasteiger partial charge on any atom is 0.131 e. The van der Waals surface area contributed by atoms with Crippen LogP contribution in [0.1, 0.15) is 5.82 Å². The Labute approximate surface area is 105 Å². The molecule has 2 heterocycles. The van der Waals surface area contributed by atoms with Crippen molar-refractivity contribution < 1.29 is 0 Å². The Bertz CT molecular complexity index is 722. The second kappa shape index (κ2) is 3.84. The Hall–Kier alpha value is -2.36. The molecule has 0 aliphatic heterocycles. The largest absolute Gasteiger partial charge is 0.383 e. The third-order valence-electron chi connectivity index (χ3n) is 3.29. The van der Waals surface area contributed by atoms with Crippen LogP contribution < -0.4 is 5.73 Å². The summed E-state index contributed by atoms with van der Waals surface area (Å²) < 4.78 is 1.89. The molecular formula is C14H14N4. The summed E-state index contributed by atoms with van der Waals surface area (Å²) in [5.74, 6) is 1.57. The van der Waals surface area contributed by atoms with E-state index in [4.69, 9.17) is 5.73 Å². The number of nitrogen functional groups attached to an aromatic ring is 1. The third-order valence-corrected chi connectivity index (χ3v) is 3.29. The Balaban J connectivity index is 2.35. The van der Waals surface area contributed by atoms with E-state index in [-0.39, 0.29) is 0 Å². The molecule has 0 aliphatic rings. The first-order valence-corrected chi connectivity index (χ1v) is 5.80. The van der Waals surface area contributed by atoms with Crippen molar-refractivity contribution in [2.24, 2.45) is 7.05 Å². The molecule has 0 bridgehead atoms. The van der Waals surface area contributed by atoms with Gasteiger partial charge in [0.25, 0.3) is 0 Å². The van der Waals surface area contributed by atoms with Gasteiger partial charge in [-0.25, -0.2) is 4.98 Å². The van der Waals surface area contributed by atoms with E-state index in [0.29, 0.717) is 5.82 Å².